The van der Waals surface area contributed by atoms with Gasteiger partial charge < -0.3 is 25.0 Å². The molecule has 2 aromatic carbocycles. The minimum absolute atomic E-state index is 0.0271. The largest absolute Gasteiger partial charge is 0.497 e. The number of amides is 3. The topological polar surface area (TPSA) is 97.0 Å². The molecule has 1 saturated carbocycles. The van der Waals surface area contributed by atoms with E-state index in [4.69, 9.17) is 9.47 Å². The summed E-state index contributed by atoms with van der Waals surface area (Å²) in [4.78, 5) is 43.5. The lowest BCUT2D eigenvalue weighted by molar-refractivity contribution is -0.139. The molecule has 1 saturated heterocycles. The number of ether oxygens (including phenoxy) is 2. The average molecular weight is 616 g/mol. The van der Waals surface area contributed by atoms with Crippen molar-refractivity contribution in [2.24, 2.45) is 11.8 Å². The number of benzene rings is 2. The molecule has 0 bridgehead atoms. The summed E-state index contributed by atoms with van der Waals surface area (Å²) in [5.74, 6) is 0.559. The van der Waals surface area contributed by atoms with Crippen LogP contribution in [0, 0.1) is 11.8 Å². The molecule has 1 aliphatic heterocycles. The van der Waals surface area contributed by atoms with Crippen molar-refractivity contribution in [2.45, 2.75) is 89.1 Å². The molecule has 2 aromatic rings. The summed E-state index contributed by atoms with van der Waals surface area (Å²) in [5, 5.41) is 6.14. The maximum atomic E-state index is 14.1. The van der Waals surface area contributed by atoms with Gasteiger partial charge >= 0.3 is 0 Å². The van der Waals surface area contributed by atoms with Gasteiger partial charge in [0.2, 0.25) is 11.8 Å². The maximum absolute atomic E-state index is 14.1. The zero-order valence-corrected chi connectivity index (χ0v) is 27.3. The molecular formula is C37H49N3O5. The fraction of sp³-hybridized carbons (Fsp3) is 0.541. The van der Waals surface area contributed by atoms with Gasteiger partial charge in [-0.1, -0.05) is 88.8 Å². The molecule has 0 unspecified atom stereocenters. The van der Waals surface area contributed by atoms with Crippen LogP contribution in [0.2, 0.25) is 0 Å². The normalized spacial score (nSPS) is 19.3. The zero-order chi connectivity index (χ0) is 32.0. The molecule has 2 aliphatic carbocycles. The third-order valence-corrected chi connectivity index (χ3v) is 10.4. The molecule has 8 heteroatoms. The standard InChI is InChI=1S/C37H49N3O5/c1-5-25(2)33(36(43)40-19-17-37(18-20-40)16-15-27-13-9-10-14-31(27)37)39-35(42)32(21-26-11-7-6-8-12-26)38-34(41)28-22-29(44-3)24-30(23-28)45-4/h9-10,13-16,22-26,32-33H,5-8,11-12,17-21H2,1-4H3,(H,38,41)(H,39,42)/t25-,32-,33-/m0/s1. The minimum Gasteiger partial charge on any atom is -0.497 e. The Hall–Kier alpha value is -3.81. The summed E-state index contributed by atoms with van der Waals surface area (Å²) >= 11 is 0. The van der Waals surface area contributed by atoms with Crippen LogP contribution in [-0.2, 0) is 15.0 Å². The number of carbonyl (C=O) groups excluding carboxylic acids is 3. The molecule has 8 nitrogen and oxygen atoms in total. The first-order valence-electron chi connectivity index (χ1n) is 16.7. The van der Waals surface area contributed by atoms with Crippen LogP contribution in [0.1, 0.15) is 93.1 Å². The van der Waals surface area contributed by atoms with Gasteiger partial charge in [-0.3, -0.25) is 14.4 Å². The quantitative estimate of drug-likeness (QED) is 0.329. The molecule has 1 heterocycles. The lowest BCUT2D eigenvalue weighted by Crippen LogP contribution is -2.58. The second-order valence-corrected chi connectivity index (χ2v) is 13.1. The lowest BCUT2D eigenvalue weighted by Gasteiger charge is -2.41. The summed E-state index contributed by atoms with van der Waals surface area (Å²) in [7, 11) is 3.07. The summed E-state index contributed by atoms with van der Waals surface area (Å²) in [6, 6.07) is 12.1. The third kappa shape index (κ3) is 7.37. The van der Waals surface area contributed by atoms with Crippen molar-refractivity contribution in [2.75, 3.05) is 27.3 Å². The number of carbonyl (C=O) groups is 3. The molecule has 3 atom stereocenters. The van der Waals surface area contributed by atoms with E-state index in [1.807, 2.05) is 18.7 Å². The Balaban J connectivity index is 1.30. The number of nitrogens with one attached hydrogen (secondary N) is 2. The first kappa shape index (κ1) is 32.6. The number of likely N-dealkylation sites (tertiary alicyclic amines) is 1. The Morgan fingerprint density at radius 3 is 2.27 bits per heavy atom. The molecule has 0 radical (unpaired) electrons. The van der Waals surface area contributed by atoms with E-state index >= 15 is 0 Å². The summed E-state index contributed by atoms with van der Waals surface area (Å²) in [6.45, 7) is 5.34. The first-order chi connectivity index (χ1) is 21.8. The van der Waals surface area contributed by atoms with E-state index in [1.54, 1.807) is 18.2 Å². The van der Waals surface area contributed by atoms with E-state index in [2.05, 4.69) is 47.1 Å². The number of hydrogen-bond acceptors (Lipinski definition) is 5. The van der Waals surface area contributed by atoms with Crippen molar-refractivity contribution in [3.05, 3.63) is 65.2 Å². The van der Waals surface area contributed by atoms with Crippen molar-refractivity contribution >= 4 is 23.8 Å². The molecule has 3 aliphatic rings. The van der Waals surface area contributed by atoms with Gasteiger partial charge in [-0.05, 0) is 54.4 Å². The molecule has 242 valence electrons. The maximum Gasteiger partial charge on any atom is 0.252 e. The first-order valence-corrected chi connectivity index (χ1v) is 16.7. The van der Waals surface area contributed by atoms with Crippen LogP contribution in [0.5, 0.6) is 11.5 Å². The van der Waals surface area contributed by atoms with E-state index in [-0.39, 0.29) is 29.1 Å². The van der Waals surface area contributed by atoms with Gasteiger partial charge in [0.1, 0.15) is 23.6 Å². The Morgan fingerprint density at radius 2 is 1.62 bits per heavy atom. The molecule has 2 fully saturated rings. The Morgan fingerprint density at radius 1 is 0.956 bits per heavy atom. The molecule has 2 N–H and O–H groups in total. The van der Waals surface area contributed by atoms with Gasteiger partial charge in [0, 0.05) is 30.1 Å². The number of nitrogens with zero attached hydrogens (tertiary/aromatic N) is 1. The van der Waals surface area contributed by atoms with Gasteiger partial charge in [-0.25, -0.2) is 0 Å². The van der Waals surface area contributed by atoms with E-state index < -0.39 is 12.1 Å². The Bertz CT molecular complexity index is 1370. The van der Waals surface area contributed by atoms with Gasteiger partial charge in [0.15, 0.2) is 0 Å². The van der Waals surface area contributed by atoms with Crippen LogP contribution >= 0.6 is 0 Å². The summed E-state index contributed by atoms with van der Waals surface area (Å²) in [6.07, 6.45) is 13.0. The number of methoxy groups -OCH3 is 2. The van der Waals surface area contributed by atoms with Crippen LogP contribution < -0.4 is 20.1 Å². The van der Waals surface area contributed by atoms with Gasteiger partial charge in [0.05, 0.1) is 14.2 Å². The van der Waals surface area contributed by atoms with E-state index in [9.17, 15) is 14.4 Å². The highest BCUT2D eigenvalue weighted by atomic mass is 16.5. The predicted octanol–water partition coefficient (Wildman–Crippen LogP) is 5.89. The second-order valence-electron chi connectivity index (χ2n) is 13.1. The average Bonchev–Trinajstić information content (AvgIpc) is 3.44. The van der Waals surface area contributed by atoms with Crippen molar-refractivity contribution in [1.29, 1.82) is 0 Å². The van der Waals surface area contributed by atoms with Crippen LogP contribution in [-0.4, -0.2) is 62.0 Å². The smallest absolute Gasteiger partial charge is 0.252 e. The highest BCUT2D eigenvalue weighted by Gasteiger charge is 2.41. The van der Waals surface area contributed by atoms with Crippen molar-refractivity contribution in [3.63, 3.8) is 0 Å². The number of rotatable bonds is 11. The van der Waals surface area contributed by atoms with Crippen molar-refractivity contribution in [1.82, 2.24) is 15.5 Å². The van der Waals surface area contributed by atoms with Crippen molar-refractivity contribution in [3.8, 4) is 11.5 Å². The lowest BCUT2D eigenvalue weighted by atomic mass is 9.74. The van der Waals surface area contributed by atoms with Crippen LogP contribution in [0.4, 0.5) is 0 Å². The third-order valence-electron chi connectivity index (χ3n) is 10.4. The Kier molecular flexibility index (Phi) is 10.5. The zero-order valence-electron chi connectivity index (χ0n) is 27.3. The summed E-state index contributed by atoms with van der Waals surface area (Å²) < 4.78 is 10.7. The Labute approximate surface area is 267 Å². The van der Waals surface area contributed by atoms with Crippen LogP contribution in [0.3, 0.4) is 0 Å². The molecule has 45 heavy (non-hydrogen) atoms. The van der Waals surface area contributed by atoms with Crippen LogP contribution in [0.25, 0.3) is 6.08 Å². The highest BCUT2D eigenvalue weighted by Crippen LogP contribution is 2.43. The molecule has 1 spiro atoms. The summed E-state index contributed by atoms with van der Waals surface area (Å²) in [5.41, 5.74) is 2.94. The monoisotopic (exact) mass is 615 g/mol. The number of allylic oxidation sites excluding steroid dienone is 1. The number of piperidine rings is 1. The predicted molar refractivity (Wildman–Crippen MR) is 176 cm³/mol. The highest BCUT2D eigenvalue weighted by molar-refractivity contribution is 5.99. The van der Waals surface area contributed by atoms with Gasteiger partial charge in [-0.2, -0.15) is 0 Å². The van der Waals surface area contributed by atoms with Gasteiger partial charge in [0.25, 0.3) is 5.91 Å². The fourth-order valence-corrected chi connectivity index (χ4v) is 7.30. The SMILES string of the molecule is CC[C@H](C)[C@H](NC(=O)[C@H](CC1CCCCC1)NC(=O)c1cc(OC)cc(OC)c1)C(=O)N1CCC2(C=Cc3ccccc32)CC1. The molecular weight excluding hydrogens is 566 g/mol. The molecule has 0 aromatic heterocycles. The van der Waals surface area contributed by atoms with E-state index in [0.29, 0.717) is 42.5 Å². The van der Waals surface area contributed by atoms with Crippen LogP contribution in [0.15, 0.2) is 48.5 Å². The second kappa shape index (κ2) is 14.5. The van der Waals surface area contributed by atoms with E-state index in [1.165, 1.54) is 31.8 Å². The van der Waals surface area contributed by atoms with E-state index in [0.717, 1.165) is 44.9 Å². The number of fused-ring (bicyclic) bond motifs is 2. The molecule has 5 rings (SSSR count). The molecule has 3 amide bonds. The van der Waals surface area contributed by atoms with Gasteiger partial charge in [-0.15, -0.1) is 0 Å². The van der Waals surface area contributed by atoms with Crippen molar-refractivity contribution < 1.29 is 23.9 Å². The number of hydrogen-bond donors (Lipinski definition) is 2. The minimum atomic E-state index is -0.762. The fourth-order valence-electron chi connectivity index (χ4n) is 7.30.